The van der Waals surface area contributed by atoms with E-state index >= 15 is 0 Å². The number of anilines is 1. The summed E-state index contributed by atoms with van der Waals surface area (Å²) >= 11 is 1.63. The monoisotopic (exact) mass is 365 g/mol. The lowest BCUT2D eigenvalue weighted by Crippen LogP contribution is -2.22. The molecule has 0 aliphatic carbocycles. The van der Waals surface area contributed by atoms with Gasteiger partial charge in [0.05, 0.1) is 5.69 Å². The van der Waals surface area contributed by atoms with Crippen LogP contribution in [0.15, 0.2) is 53.9 Å². The first kappa shape index (κ1) is 17.0. The van der Waals surface area contributed by atoms with E-state index in [1.54, 1.807) is 17.4 Å². The Morgan fingerprint density at radius 3 is 2.62 bits per heavy atom. The van der Waals surface area contributed by atoms with Gasteiger partial charge in [-0.15, -0.1) is 11.3 Å². The average Bonchev–Trinajstić information content (AvgIpc) is 3.05. The number of hydrogen-bond acceptors (Lipinski definition) is 2. The maximum Gasteiger partial charge on any atom is 0.225 e. The second kappa shape index (κ2) is 6.69. The van der Waals surface area contributed by atoms with Crippen molar-refractivity contribution in [3.05, 3.63) is 75.7 Å². The van der Waals surface area contributed by atoms with Gasteiger partial charge in [-0.25, -0.2) is 4.39 Å². The first-order valence-corrected chi connectivity index (χ1v) is 9.68. The van der Waals surface area contributed by atoms with E-state index in [1.807, 2.05) is 11.4 Å². The van der Waals surface area contributed by atoms with Crippen molar-refractivity contribution in [1.82, 2.24) is 0 Å². The topological polar surface area (TPSA) is 29.1 Å². The second-order valence-corrected chi connectivity index (χ2v) is 7.94. The minimum absolute atomic E-state index is 0.00601. The molecule has 1 atom stereocenters. The Bertz CT molecular complexity index is 959. The summed E-state index contributed by atoms with van der Waals surface area (Å²) in [6.45, 7) is 4.34. The number of amides is 1. The summed E-state index contributed by atoms with van der Waals surface area (Å²) in [5.74, 6) is 0.264. The molecule has 4 rings (SSSR count). The molecule has 0 radical (unpaired) electrons. The Hall–Kier alpha value is -2.46. The van der Waals surface area contributed by atoms with E-state index in [-0.39, 0.29) is 17.6 Å². The molecule has 0 saturated carbocycles. The van der Waals surface area contributed by atoms with Crippen LogP contribution in [0.25, 0.3) is 11.1 Å². The zero-order chi connectivity index (χ0) is 18.3. The van der Waals surface area contributed by atoms with Crippen LogP contribution in [-0.4, -0.2) is 5.91 Å². The number of halogens is 1. The van der Waals surface area contributed by atoms with Crippen LogP contribution in [0.1, 0.15) is 48.1 Å². The van der Waals surface area contributed by atoms with Crippen LogP contribution < -0.4 is 5.32 Å². The van der Waals surface area contributed by atoms with Crippen LogP contribution in [0.3, 0.4) is 0 Å². The smallest absolute Gasteiger partial charge is 0.225 e. The fraction of sp³-hybridized carbons (Fsp3) is 0.227. The molecule has 0 unspecified atom stereocenters. The number of benzene rings is 2. The van der Waals surface area contributed by atoms with Crippen LogP contribution in [-0.2, 0) is 4.79 Å². The number of nitrogens with one attached hydrogen (secondary N) is 1. The number of carbonyl (C=O) groups excluding carboxylic acids is 1. The number of hydrogen-bond donors (Lipinski definition) is 1. The molecule has 0 fully saturated rings. The van der Waals surface area contributed by atoms with E-state index in [1.165, 1.54) is 17.7 Å². The van der Waals surface area contributed by atoms with Gasteiger partial charge in [-0.3, -0.25) is 4.79 Å². The van der Waals surface area contributed by atoms with Crippen molar-refractivity contribution in [3.63, 3.8) is 0 Å². The number of carbonyl (C=O) groups is 1. The van der Waals surface area contributed by atoms with Gasteiger partial charge in [0.15, 0.2) is 0 Å². The van der Waals surface area contributed by atoms with E-state index in [9.17, 15) is 9.18 Å². The maximum atomic E-state index is 13.6. The fourth-order valence-corrected chi connectivity index (χ4v) is 4.64. The molecule has 26 heavy (non-hydrogen) atoms. The molecule has 3 aromatic rings. The van der Waals surface area contributed by atoms with E-state index in [0.29, 0.717) is 12.3 Å². The molecule has 2 aromatic carbocycles. The zero-order valence-corrected chi connectivity index (χ0v) is 15.6. The van der Waals surface area contributed by atoms with Crippen LogP contribution in [0, 0.1) is 5.82 Å². The minimum Gasteiger partial charge on any atom is -0.325 e. The number of fused-ring (bicyclic) bond motifs is 1. The summed E-state index contributed by atoms with van der Waals surface area (Å²) in [6, 6.07) is 15.1. The zero-order valence-electron chi connectivity index (χ0n) is 14.8. The van der Waals surface area contributed by atoms with Crippen molar-refractivity contribution in [1.29, 1.82) is 0 Å². The van der Waals surface area contributed by atoms with E-state index in [2.05, 4.69) is 43.4 Å². The van der Waals surface area contributed by atoms with Crippen LogP contribution in [0.2, 0.25) is 0 Å². The summed E-state index contributed by atoms with van der Waals surface area (Å²) in [4.78, 5) is 13.5. The van der Waals surface area contributed by atoms with Crippen LogP contribution in [0.5, 0.6) is 0 Å². The number of thiophene rings is 1. The van der Waals surface area contributed by atoms with Crippen LogP contribution in [0.4, 0.5) is 10.1 Å². The van der Waals surface area contributed by atoms with Gasteiger partial charge in [0.25, 0.3) is 0 Å². The van der Waals surface area contributed by atoms with Crippen molar-refractivity contribution in [2.45, 2.75) is 32.1 Å². The summed E-state index contributed by atoms with van der Waals surface area (Å²) in [5, 5.41) is 5.02. The summed E-state index contributed by atoms with van der Waals surface area (Å²) in [6.07, 6.45) is 0.442. The van der Waals surface area contributed by atoms with Crippen molar-refractivity contribution in [3.8, 4) is 11.1 Å². The SMILES string of the molecule is CC(C)c1ccc([C@@H]2CC(=O)Nc3c(-c4cccc(F)c4)csc32)cc1. The molecular formula is C22H20FNOS. The van der Waals surface area contributed by atoms with E-state index in [4.69, 9.17) is 0 Å². The van der Waals surface area contributed by atoms with Gasteiger partial charge in [-0.05, 0) is 34.7 Å². The summed E-state index contributed by atoms with van der Waals surface area (Å²) < 4.78 is 13.6. The van der Waals surface area contributed by atoms with E-state index in [0.717, 1.165) is 27.3 Å². The Labute approximate surface area is 156 Å². The average molecular weight is 365 g/mol. The Morgan fingerprint density at radius 1 is 1.15 bits per heavy atom. The Morgan fingerprint density at radius 2 is 1.92 bits per heavy atom. The van der Waals surface area contributed by atoms with Gasteiger partial charge in [-0.2, -0.15) is 0 Å². The largest absolute Gasteiger partial charge is 0.325 e. The fourth-order valence-electron chi connectivity index (χ4n) is 3.48. The molecule has 1 aliphatic heterocycles. The van der Waals surface area contributed by atoms with Crippen molar-refractivity contribution in [2.24, 2.45) is 0 Å². The van der Waals surface area contributed by atoms with Crippen molar-refractivity contribution in [2.75, 3.05) is 5.32 Å². The highest BCUT2D eigenvalue weighted by Gasteiger charge is 2.30. The molecule has 0 spiro atoms. The molecule has 1 amide bonds. The molecule has 2 heterocycles. The molecule has 4 heteroatoms. The molecule has 1 aromatic heterocycles. The molecule has 0 bridgehead atoms. The minimum atomic E-state index is -0.273. The standard InChI is InChI=1S/C22H20FNOS/c1-13(2)14-6-8-15(9-7-14)18-11-20(25)24-21-19(12-26-22(18)21)16-4-3-5-17(23)10-16/h3-10,12-13,18H,11H2,1-2H3,(H,24,25)/t18-/m0/s1. The van der Waals surface area contributed by atoms with Crippen molar-refractivity contribution >= 4 is 22.9 Å². The summed E-state index contributed by atoms with van der Waals surface area (Å²) in [5.41, 5.74) is 4.95. The van der Waals surface area contributed by atoms with Gasteiger partial charge in [0.1, 0.15) is 5.82 Å². The molecule has 132 valence electrons. The third kappa shape index (κ3) is 3.06. The predicted octanol–water partition coefficient (Wildman–Crippen LogP) is 6.15. The first-order valence-electron chi connectivity index (χ1n) is 8.80. The summed E-state index contributed by atoms with van der Waals surface area (Å²) in [7, 11) is 0. The quantitative estimate of drug-likeness (QED) is 0.592. The highest BCUT2D eigenvalue weighted by Crippen LogP contribution is 2.46. The van der Waals surface area contributed by atoms with Gasteiger partial charge in [-0.1, -0.05) is 50.2 Å². The molecule has 2 nitrogen and oxygen atoms in total. The van der Waals surface area contributed by atoms with Gasteiger partial charge < -0.3 is 5.32 Å². The third-order valence-corrected chi connectivity index (χ3v) is 6.03. The van der Waals surface area contributed by atoms with E-state index < -0.39 is 0 Å². The van der Waals surface area contributed by atoms with Gasteiger partial charge in [0.2, 0.25) is 5.91 Å². The molecular weight excluding hydrogens is 345 g/mol. The Balaban J connectivity index is 1.76. The number of rotatable bonds is 3. The lowest BCUT2D eigenvalue weighted by molar-refractivity contribution is -0.116. The maximum absolute atomic E-state index is 13.6. The highest BCUT2D eigenvalue weighted by molar-refractivity contribution is 7.11. The van der Waals surface area contributed by atoms with Crippen LogP contribution >= 0.6 is 11.3 Å². The van der Waals surface area contributed by atoms with Crippen molar-refractivity contribution < 1.29 is 9.18 Å². The molecule has 0 saturated heterocycles. The normalized spacial score (nSPS) is 16.5. The lowest BCUT2D eigenvalue weighted by atomic mass is 9.88. The lowest BCUT2D eigenvalue weighted by Gasteiger charge is -2.24. The van der Waals surface area contributed by atoms with Gasteiger partial charge in [0, 0.05) is 28.2 Å². The molecule has 1 N–H and O–H groups in total. The Kier molecular flexibility index (Phi) is 4.37. The second-order valence-electron chi connectivity index (χ2n) is 7.03. The predicted molar refractivity (Wildman–Crippen MR) is 105 cm³/mol. The molecule has 1 aliphatic rings. The third-order valence-electron chi connectivity index (χ3n) is 4.93. The van der Waals surface area contributed by atoms with Gasteiger partial charge >= 0.3 is 0 Å². The highest BCUT2D eigenvalue weighted by atomic mass is 32.1. The first-order chi connectivity index (χ1) is 12.5.